The Bertz CT molecular complexity index is 364. The van der Waals surface area contributed by atoms with Crippen molar-refractivity contribution in [2.75, 3.05) is 13.2 Å². The van der Waals surface area contributed by atoms with Gasteiger partial charge in [-0.25, -0.2) is 9.59 Å². The van der Waals surface area contributed by atoms with Crippen molar-refractivity contribution in [1.29, 1.82) is 5.26 Å². The summed E-state index contributed by atoms with van der Waals surface area (Å²) in [6.07, 6.45) is 0.607. The molecule has 18 heavy (non-hydrogen) atoms. The second-order valence-electron chi connectivity index (χ2n) is 4.22. The summed E-state index contributed by atoms with van der Waals surface area (Å²) in [4.78, 5) is 23.5. The molecular formula is C12H18N2O4. The third-order valence-electron chi connectivity index (χ3n) is 2.98. The van der Waals surface area contributed by atoms with E-state index in [9.17, 15) is 9.59 Å². The summed E-state index contributed by atoms with van der Waals surface area (Å²) in [5, 5.41) is 11.5. The molecule has 1 N–H and O–H groups in total. The van der Waals surface area contributed by atoms with Crippen LogP contribution in [-0.4, -0.2) is 30.8 Å². The maximum Gasteiger partial charge on any atom is 0.408 e. The number of hydrogen-bond acceptors (Lipinski definition) is 5. The Morgan fingerprint density at radius 1 is 1.39 bits per heavy atom. The number of nitrogens with zero attached hydrogens (tertiary/aromatic N) is 1. The van der Waals surface area contributed by atoms with Crippen LogP contribution in [0.1, 0.15) is 33.1 Å². The fourth-order valence-electron chi connectivity index (χ4n) is 2.14. The summed E-state index contributed by atoms with van der Waals surface area (Å²) in [7, 11) is 0. The molecule has 1 amide bonds. The zero-order valence-electron chi connectivity index (χ0n) is 10.7. The Morgan fingerprint density at radius 2 is 2.06 bits per heavy atom. The second kappa shape index (κ2) is 6.24. The van der Waals surface area contributed by atoms with Gasteiger partial charge in [-0.3, -0.25) is 0 Å². The van der Waals surface area contributed by atoms with Gasteiger partial charge in [0.15, 0.2) is 0 Å². The van der Waals surface area contributed by atoms with Gasteiger partial charge >= 0.3 is 12.1 Å². The molecule has 1 aliphatic rings. The van der Waals surface area contributed by atoms with Gasteiger partial charge in [-0.15, -0.1) is 0 Å². The van der Waals surface area contributed by atoms with Gasteiger partial charge in [-0.05, 0) is 33.1 Å². The first-order valence-electron chi connectivity index (χ1n) is 6.09. The number of nitriles is 1. The van der Waals surface area contributed by atoms with Gasteiger partial charge in [0.2, 0.25) is 0 Å². The highest BCUT2D eigenvalue weighted by atomic mass is 16.6. The fourth-order valence-corrected chi connectivity index (χ4v) is 2.14. The van der Waals surface area contributed by atoms with Crippen LogP contribution in [-0.2, 0) is 14.3 Å². The van der Waals surface area contributed by atoms with E-state index in [-0.39, 0.29) is 25.6 Å². The molecule has 0 spiro atoms. The van der Waals surface area contributed by atoms with E-state index in [1.165, 1.54) is 0 Å². The van der Waals surface area contributed by atoms with Crippen molar-refractivity contribution in [3.05, 3.63) is 0 Å². The molecule has 0 saturated heterocycles. The number of nitrogens with one attached hydrogen (secondary N) is 1. The lowest BCUT2D eigenvalue weighted by Gasteiger charge is -2.27. The molecule has 1 fully saturated rings. The Hall–Kier alpha value is -1.77. The van der Waals surface area contributed by atoms with Gasteiger partial charge in [0.25, 0.3) is 0 Å². The first-order valence-corrected chi connectivity index (χ1v) is 6.09. The molecule has 100 valence electrons. The van der Waals surface area contributed by atoms with E-state index >= 15 is 0 Å². The number of alkyl carbamates (subject to hydrolysis) is 1. The average molecular weight is 254 g/mol. The van der Waals surface area contributed by atoms with E-state index in [0.29, 0.717) is 12.8 Å². The van der Waals surface area contributed by atoms with Gasteiger partial charge in [-0.2, -0.15) is 5.26 Å². The molecule has 0 aromatic rings. The van der Waals surface area contributed by atoms with Crippen molar-refractivity contribution in [1.82, 2.24) is 5.32 Å². The molecule has 0 heterocycles. The SMILES string of the molecule is CCOC(=O)N[C@@]1(C(=O)OCC)CC[C@@H](C#N)C1. The molecule has 0 radical (unpaired) electrons. The monoisotopic (exact) mass is 254 g/mol. The van der Waals surface area contributed by atoms with Crippen molar-refractivity contribution in [3.8, 4) is 6.07 Å². The normalized spacial score (nSPS) is 26.2. The molecule has 0 unspecified atom stereocenters. The van der Waals surface area contributed by atoms with Crippen molar-refractivity contribution < 1.29 is 19.1 Å². The van der Waals surface area contributed by atoms with Gasteiger partial charge in [-0.1, -0.05) is 0 Å². The van der Waals surface area contributed by atoms with Crippen LogP contribution in [0.25, 0.3) is 0 Å². The van der Waals surface area contributed by atoms with Crippen LogP contribution in [0.3, 0.4) is 0 Å². The molecular weight excluding hydrogens is 236 g/mol. The molecule has 1 rings (SSSR count). The summed E-state index contributed by atoms with van der Waals surface area (Å²) in [5.74, 6) is -0.730. The topological polar surface area (TPSA) is 88.4 Å². The quantitative estimate of drug-likeness (QED) is 0.765. The van der Waals surface area contributed by atoms with Crippen LogP contribution >= 0.6 is 0 Å². The van der Waals surface area contributed by atoms with E-state index < -0.39 is 17.6 Å². The van der Waals surface area contributed by atoms with Crippen molar-refractivity contribution in [2.45, 2.75) is 38.6 Å². The number of rotatable bonds is 4. The summed E-state index contributed by atoms with van der Waals surface area (Å²) in [6, 6.07) is 2.12. The minimum absolute atomic E-state index is 0.229. The number of ether oxygens (including phenoxy) is 2. The molecule has 0 bridgehead atoms. The van der Waals surface area contributed by atoms with Crippen LogP contribution in [0, 0.1) is 17.2 Å². The zero-order valence-corrected chi connectivity index (χ0v) is 10.7. The standard InChI is InChI=1S/C12H18N2O4/c1-3-17-10(15)12(14-11(16)18-4-2)6-5-9(7-12)8-13/h9H,3-7H2,1-2H3,(H,14,16)/t9-,12+/m1/s1. The summed E-state index contributed by atoms with van der Waals surface area (Å²) < 4.78 is 9.77. The van der Waals surface area contributed by atoms with Gasteiger partial charge in [0.1, 0.15) is 5.54 Å². The Morgan fingerprint density at radius 3 is 2.56 bits per heavy atom. The van der Waals surface area contributed by atoms with E-state index in [1.54, 1.807) is 13.8 Å². The smallest absolute Gasteiger partial charge is 0.408 e. The first-order chi connectivity index (χ1) is 8.57. The Labute approximate surface area is 106 Å². The molecule has 2 atom stereocenters. The summed E-state index contributed by atoms with van der Waals surface area (Å²) in [5.41, 5.74) is -1.11. The fraction of sp³-hybridized carbons (Fsp3) is 0.750. The van der Waals surface area contributed by atoms with Gasteiger partial charge in [0, 0.05) is 5.92 Å². The number of amides is 1. The lowest BCUT2D eigenvalue weighted by atomic mass is 9.96. The van der Waals surface area contributed by atoms with Crippen molar-refractivity contribution in [3.63, 3.8) is 0 Å². The summed E-state index contributed by atoms with van der Waals surface area (Å²) in [6.45, 7) is 3.85. The van der Waals surface area contributed by atoms with Crippen LogP contribution in [0.4, 0.5) is 4.79 Å². The highest BCUT2D eigenvalue weighted by Crippen LogP contribution is 2.35. The lowest BCUT2D eigenvalue weighted by molar-refractivity contribution is -0.150. The number of hydrogen-bond donors (Lipinski definition) is 1. The maximum absolute atomic E-state index is 12.0. The van der Waals surface area contributed by atoms with Gasteiger partial charge in [0.05, 0.1) is 19.3 Å². The van der Waals surface area contributed by atoms with Crippen LogP contribution in [0.2, 0.25) is 0 Å². The molecule has 1 saturated carbocycles. The Balaban J connectivity index is 2.79. The Kier molecular flexibility index (Phi) is 4.95. The van der Waals surface area contributed by atoms with Crippen molar-refractivity contribution >= 4 is 12.1 Å². The molecule has 0 aromatic heterocycles. The highest BCUT2D eigenvalue weighted by molar-refractivity contribution is 5.86. The van der Waals surface area contributed by atoms with E-state index in [4.69, 9.17) is 14.7 Å². The van der Waals surface area contributed by atoms with Crippen LogP contribution in [0.15, 0.2) is 0 Å². The summed E-state index contributed by atoms with van der Waals surface area (Å²) >= 11 is 0. The average Bonchev–Trinajstić information content (AvgIpc) is 2.74. The third-order valence-corrected chi connectivity index (χ3v) is 2.98. The van der Waals surface area contributed by atoms with Crippen molar-refractivity contribution in [2.24, 2.45) is 5.92 Å². The minimum Gasteiger partial charge on any atom is -0.464 e. The molecule has 6 heteroatoms. The maximum atomic E-state index is 12.0. The molecule has 0 aliphatic heterocycles. The largest absolute Gasteiger partial charge is 0.464 e. The third kappa shape index (κ3) is 3.13. The van der Waals surface area contributed by atoms with Crippen LogP contribution in [0.5, 0.6) is 0 Å². The lowest BCUT2D eigenvalue weighted by Crippen LogP contribution is -2.53. The van der Waals surface area contributed by atoms with E-state index in [0.717, 1.165) is 0 Å². The minimum atomic E-state index is -1.11. The van der Waals surface area contributed by atoms with E-state index in [2.05, 4.69) is 11.4 Å². The highest BCUT2D eigenvalue weighted by Gasteiger charge is 2.48. The molecule has 1 aliphatic carbocycles. The van der Waals surface area contributed by atoms with Crippen LogP contribution < -0.4 is 5.32 Å². The second-order valence-corrected chi connectivity index (χ2v) is 4.22. The molecule has 0 aromatic carbocycles. The zero-order chi connectivity index (χ0) is 13.6. The predicted molar refractivity (Wildman–Crippen MR) is 62.5 cm³/mol. The number of esters is 1. The number of carbonyl (C=O) groups is 2. The van der Waals surface area contributed by atoms with E-state index in [1.807, 2.05) is 0 Å². The molecule has 6 nitrogen and oxygen atoms in total. The predicted octanol–water partition coefficient (Wildman–Crippen LogP) is 1.36. The first kappa shape index (κ1) is 14.3. The van der Waals surface area contributed by atoms with Gasteiger partial charge < -0.3 is 14.8 Å². The number of carbonyl (C=O) groups excluding carboxylic acids is 2.